The van der Waals surface area contributed by atoms with Crippen molar-refractivity contribution in [3.8, 4) is 0 Å². The minimum atomic E-state index is -0.439. The summed E-state index contributed by atoms with van der Waals surface area (Å²) in [5, 5.41) is 3.13. The molecule has 0 aliphatic carbocycles. The molecule has 0 saturated carbocycles. The highest BCUT2D eigenvalue weighted by atomic mass is 19.1. The number of halogens is 1. The molecule has 1 aliphatic rings. The lowest BCUT2D eigenvalue weighted by Gasteiger charge is -2.38. The first kappa shape index (κ1) is 12.0. The second-order valence-corrected chi connectivity index (χ2v) is 4.29. The van der Waals surface area contributed by atoms with Gasteiger partial charge in [-0.15, -0.1) is 0 Å². The Morgan fingerprint density at radius 3 is 2.71 bits per heavy atom. The van der Waals surface area contributed by atoms with Crippen LogP contribution in [0.1, 0.15) is 23.7 Å². The van der Waals surface area contributed by atoms with Crippen molar-refractivity contribution >= 4 is 5.91 Å². The van der Waals surface area contributed by atoms with Crippen LogP contribution < -0.4 is 5.32 Å². The van der Waals surface area contributed by atoms with Gasteiger partial charge in [0, 0.05) is 19.6 Å². The zero-order chi connectivity index (χ0) is 12.3. The molecule has 0 unspecified atom stereocenters. The summed E-state index contributed by atoms with van der Waals surface area (Å²) in [6, 6.07) is 6.38. The molecule has 1 aromatic rings. The third-order valence-corrected chi connectivity index (χ3v) is 3.03. The van der Waals surface area contributed by atoms with Gasteiger partial charge in [-0.25, -0.2) is 4.39 Å². The van der Waals surface area contributed by atoms with E-state index in [0.29, 0.717) is 6.54 Å². The molecule has 0 aromatic heterocycles. The minimum Gasteiger partial charge on any atom is -0.333 e. The van der Waals surface area contributed by atoms with Crippen LogP contribution in [-0.2, 0) is 0 Å². The topological polar surface area (TPSA) is 32.3 Å². The molecule has 17 heavy (non-hydrogen) atoms. The van der Waals surface area contributed by atoms with Crippen LogP contribution in [0.3, 0.4) is 0 Å². The van der Waals surface area contributed by atoms with E-state index in [4.69, 9.17) is 0 Å². The zero-order valence-corrected chi connectivity index (χ0v) is 9.95. The quantitative estimate of drug-likeness (QED) is 0.862. The van der Waals surface area contributed by atoms with E-state index >= 15 is 0 Å². The predicted octanol–water partition coefficient (Wildman–Crippen LogP) is 1.65. The summed E-state index contributed by atoms with van der Waals surface area (Å²) in [5.74, 6) is -0.637. The van der Waals surface area contributed by atoms with Crippen LogP contribution in [0, 0.1) is 5.82 Å². The third kappa shape index (κ3) is 2.47. The van der Waals surface area contributed by atoms with Crippen molar-refractivity contribution in [2.24, 2.45) is 0 Å². The van der Waals surface area contributed by atoms with Crippen molar-refractivity contribution in [2.75, 3.05) is 19.6 Å². The number of hydrogen-bond donors (Lipinski definition) is 1. The summed E-state index contributed by atoms with van der Waals surface area (Å²) in [4.78, 5) is 14.0. The van der Waals surface area contributed by atoms with Crippen LogP contribution in [0.4, 0.5) is 4.39 Å². The van der Waals surface area contributed by atoms with Crippen LogP contribution in [0.25, 0.3) is 0 Å². The number of carbonyl (C=O) groups is 1. The molecule has 1 heterocycles. The molecule has 0 radical (unpaired) electrons. The van der Waals surface area contributed by atoms with Gasteiger partial charge in [-0.3, -0.25) is 4.79 Å². The zero-order valence-electron chi connectivity index (χ0n) is 9.95. The van der Waals surface area contributed by atoms with Crippen LogP contribution in [0.5, 0.6) is 0 Å². The largest absolute Gasteiger partial charge is 0.333 e. The molecule has 1 fully saturated rings. The SMILES string of the molecule is CCCN(C(=O)c1ccccc1F)C1CNC1. The van der Waals surface area contributed by atoms with Gasteiger partial charge in [-0.05, 0) is 18.6 Å². The lowest BCUT2D eigenvalue weighted by Crippen LogP contribution is -2.59. The van der Waals surface area contributed by atoms with Gasteiger partial charge in [0.25, 0.3) is 5.91 Å². The molecule has 1 saturated heterocycles. The van der Waals surface area contributed by atoms with Gasteiger partial charge >= 0.3 is 0 Å². The standard InChI is InChI=1S/C13H17FN2O/c1-2-7-16(10-8-15-9-10)13(17)11-5-3-4-6-12(11)14/h3-6,10,15H,2,7-9H2,1H3. The van der Waals surface area contributed by atoms with E-state index < -0.39 is 5.82 Å². The Bertz CT molecular complexity index is 404. The highest BCUT2D eigenvalue weighted by molar-refractivity contribution is 5.94. The van der Waals surface area contributed by atoms with E-state index in [1.54, 1.807) is 23.1 Å². The van der Waals surface area contributed by atoms with Crippen molar-refractivity contribution in [2.45, 2.75) is 19.4 Å². The van der Waals surface area contributed by atoms with Crippen LogP contribution >= 0.6 is 0 Å². The van der Waals surface area contributed by atoms with Crippen molar-refractivity contribution < 1.29 is 9.18 Å². The third-order valence-electron chi connectivity index (χ3n) is 3.03. The van der Waals surface area contributed by atoms with E-state index in [2.05, 4.69) is 5.32 Å². The lowest BCUT2D eigenvalue weighted by molar-refractivity contribution is 0.0611. The number of hydrogen-bond acceptors (Lipinski definition) is 2. The Morgan fingerprint density at radius 2 is 2.18 bits per heavy atom. The van der Waals surface area contributed by atoms with Crippen molar-refractivity contribution in [1.82, 2.24) is 10.2 Å². The van der Waals surface area contributed by atoms with Crippen LogP contribution in [0.2, 0.25) is 0 Å². The molecule has 1 aliphatic heterocycles. The fourth-order valence-corrected chi connectivity index (χ4v) is 1.97. The molecule has 1 aromatic carbocycles. The first-order chi connectivity index (χ1) is 8.24. The molecule has 0 atom stereocenters. The van der Waals surface area contributed by atoms with Gasteiger partial charge in [-0.1, -0.05) is 19.1 Å². The van der Waals surface area contributed by atoms with E-state index in [1.807, 2.05) is 6.92 Å². The summed E-state index contributed by atoms with van der Waals surface area (Å²) < 4.78 is 13.6. The average molecular weight is 236 g/mol. The number of carbonyl (C=O) groups excluding carboxylic acids is 1. The van der Waals surface area contributed by atoms with Gasteiger partial charge in [-0.2, -0.15) is 0 Å². The Labute approximate surface area is 101 Å². The molecule has 0 bridgehead atoms. The number of amides is 1. The Morgan fingerprint density at radius 1 is 1.47 bits per heavy atom. The molecular weight excluding hydrogens is 219 g/mol. The van der Waals surface area contributed by atoms with Gasteiger partial charge in [0.2, 0.25) is 0 Å². The highest BCUT2D eigenvalue weighted by Crippen LogP contribution is 2.14. The number of nitrogens with one attached hydrogen (secondary N) is 1. The summed E-state index contributed by atoms with van der Waals surface area (Å²) >= 11 is 0. The number of benzene rings is 1. The number of rotatable bonds is 4. The van der Waals surface area contributed by atoms with E-state index in [0.717, 1.165) is 19.5 Å². The minimum absolute atomic E-state index is 0.174. The summed E-state index contributed by atoms with van der Waals surface area (Å²) in [6.45, 7) is 4.31. The predicted molar refractivity (Wildman–Crippen MR) is 64.4 cm³/mol. The van der Waals surface area contributed by atoms with E-state index in [-0.39, 0.29) is 17.5 Å². The first-order valence-electron chi connectivity index (χ1n) is 6.00. The molecular formula is C13H17FN2O. The first-order valence-corrected chi connectivity index (χ1v) is 6.00. The molecule has 2 rings (SSSR count). The van der Waals surface area contributed by atoms with Gasteiger partial charge in [0.05, 0.1) is 11.6 Å². The molecule has 1 amide bonds. The summed E-state index contributed by atoms with van der Waals surface area (Å²) in [5.41, 5.74) is 0.174. The van der Waals surface area contributed by atoms with Gasteiger partial charge < -0.3 is 10.2 Å². The summed E-state index contributed by atoms with van der Waals surface area (Å²) in [6.07, 6.45) is 0.886. The lowest BCUT2D eigenvalue weighted by atomic mass is 10.1. The maximum atomic E-state index is 13.6. The summed E-state index contributed by atoms with van der Waals surface area (Å²) in [7, 11) is 0. The van der Waals surface area contributed by atoms with E-state index in [9.17, 15) is 9.18 Å². The van der Waals surface area contributed by atoms with Crippen molar-refractivity contribution in [1.29, 1.82) is 0 Å². The number of nitrogens with zero attached hydrogens (tertiary/aromatic N) is 1. The van der Waals surface area contributed by atoms with Crippen molar-refractivity contribution in [3.63, 3.8) is 0 Å². The fraction of sp³-hybridized carbons (Fsp3) is 0.462. The molecule has 92 valence electrons. The molecule has 4 heteroatoms. The maximum Gasteiger partial charge on any atom is 0.257 e. The van der Waals surface area contributed by atoms with Crippen LogP contribution in [-0.4, -0.2) is 36.5 Å². The monoisotopic (exact) mass is 236 g/mol. The van der Waals surface area contributed by atoms with Gasteiger partial charge in [0.1, 0.15) is 5.82 Å². The second-order valence-electron chi connectivity index (χ2n) is 4.29. The van der Waals surface area contributed by atoms with Crippen molar-refractivity contribution in [3.05, 3.63) is 35.6 Å². The normalized spacial score (nSPS) is 15.4. The van der Waals surface area contributed by atoms with Gasteiger partial charge in [0.15, 0.2) is 0 Å². The average Bonchev–Trinajstić information content (AvgIpc) is 2.26. The maximum absolute atomic E-state index is 13.6. The van der Waals surface area contributed by atoms with E-state index in [1.165, 1.54) is 6.07 Å². The Hall–Kier alpha value is -1.42. The molecule has 0 spiro atoms. The molecule has 1 N–H and O–H groups in total. The Kier molecular flexibility index (Phi) is 3.74. The smallest absolute Gasteiger partial charge is 0.257 e. The fourth-order valence-electron chi connectivity index (χ4n) is 1.97. The van der Waals surface area contributed by atoms with Crippen LogP contribution in [0.15, 0.2) is 24.3 Å². The Balaban J connectivity index is 2.18. The molecule has 3 nitrogen and oxygen atoms in total. The second kappa shape index (κ2) is 5.27. The highest BCUT2D eigenvalue weighted by Gasteiger charge is 2.29.